The number of thioether (sulfide) groups is 1. The van der Waals surface area contributed by atoms with Gasteiger partial charge in [0.05, 0.1) is 0 Å². The molecule has 0 aliphatic carbocycles. The molecule has 0 bridgehead atoms. The summed E-state index contributed by atoms with van der Waals surface area (Å²) in [6.45, 7) is 3.25. The van der Waals surface area contributed by atoms with Crippen molar-refractivity contribution < 1.29 is 0 Å². The molecule has 1 rings (SSSR count). The van der Waals surface area contributed by atoms with Gasteiger partial charge in [0.25, 0.3) is 0 Å². The molecule has 0 aromatic heterocycles. The summed E-state index contributed by atoms with van der Waals surface area (Å²) in [4.78, 5) is 4.98. The van der Waals surface area contributed by atoms with Gasteiger partial charge in [0.1, 0.15) is 0 Å². The highest BCUT2D eigenvalue weighted by Crippen LogP contribution is 2.17. The Hall–Kier alpha value is 0.230. The van der Waals surface area contributed by atoms with Gasteiger partial charge in [-0.3, -0.25) is 4.90 Å². The Morgan fingerprint density at radius 2 is 2.29 bits per heavy atom. The van der Waals surface area contributed by atoms with Gasteiger partial charge in [-0.2, -0.15) is 11.8 Å². The first kappa shape index (κ1) is 15.3. The summed E-state index contributed by atoms with van der Waals surface area (Å²) in [5, 5.41) is 0. The Morgan fingerprint density at radius 1 is 1.53 bits per heavy atom. The van der Waals surface area contributed by atoms with Crippen molar-refractivity contribution in [2.24, 2.45) is 5.73 Å². The number of piperidine rings is 1. The second-order valence-corrected chi connectivity index (χ2v) is 6.23. The summed E-state index contributed by atoms with van der Waals surface area (Å²) in [6.07, 6.45) is 7.37. The molecule has 3 nitrogen and oxygen atoms in total. The molecule has 4 heteroatoms. The highest BCUT2D eigenvalue weighted by molar-refractivity contribution is 7.98. The van der Waals surface area contributed by atoms with Gasteiger partial charge in [-0.1, -0.05) is 0 Å². The standard InChI is InChI=1S/C13H29N3S/c1-15-8-4-6-13(11-15)16(2)12(10-14)7-5-9-17-3/h12-13H,4-11,14H2,1-3H3. The molecule has 2 N–H and O–H groups in total. The molecule has 0 radical (unpaired) electrons. The van der Waals surface area contributed by atoms with Gasteiger partial charge in [-0.05, 0) is 58.3 Å². The van der Waals surface area contributed by atoms with Crippen molar-refractivity contribution in [3.8, 4) is 0 Å². The zero-order chi connectivity index (χ0) is 12.7. The summed E-state index contributed by atoms with van der Waals surface area (Å²) in [7, 11) is 4.49. The average molecular weight is 259 g/mol. The van der Waals surface area contributed by atoms with Gasteiger partial charge in [0.15, 0.2) is 0 Å². The van der Waals surface area contributed by atoms with E-state index in [9.17, 15) is 0 Å². The Morgan fingerprint density at radius 3 is 2.88 bits per heavy atom. The summed E-state index contributed by atoms with van der Waals surface area (Å²) >= 11 is 1.93. The summed E-state index contributed by atoms with van der Waals surface area (Å²) in [5.74, 6) is 1.26. The molecule has 102 valence electrons. The van der Waals surface area contributed by atoms with E-state index in [1.807, 2.05) is 11.8 Å². The fourth-order valence-corrected chi connectivity index (χ4v) is 3.18. The molecule has 1 saturated heterocycles. The maximum absolute atomic E-state index is 5.94. The third-order valence-electron chi connectivity index (χ3n) is 3.91. The lowest BCUT2D eigenvalue weighted by molar-refractivity contribution is 0.0972. The molecule has 2 unspecified atom stereocenters. The monoisotopic (exact) mass is 259 g/mol. The highest BCUT2D eigenvalue weighted by atomic mass is 32.2. The van der Waals surface area contributed by atoms with Crippen LogP contribution in [-0.4, -0.2) is 67.6 Å². The predicted octanol–water partition coefficient (Wildman–Crippen LogP) is 1.48. The van der Waals surface area contributed by atoms with Crippen LogP contribution in [-0.2, 0) is 0 Å². The molecule has 17 heavy (non-hydrogen) atoms. The molecule has 0 saturated carbocycles. The number of rotatable bonds is 7. The van der Waals surface area contributed by atoms with Crippen molar-refractivity contribution >= 4 is 11.8 Å². The molecule has 0 aromatic carbocycles. The summed E-state index contributed by atoms with van der Waals surface area (Å²) in [6, 6.07) is 1.27. The maximum Gasteiger partial charge on any atom is 0.0223 e. The number of nitrogens with two attached hydrogens (primary N) is 1. The Labute approximate surface area is 111 Å². The first-order valence-corrected chi connectivity index (χ1v) is 8.18. The van der Waals surface area contributed by atoms with Crippen molar-refractivity contribution in [3.63, 3.8) is 0 Å². The third kappa shape index (κ3) is 5.16. The van der Waals surface area contributed by atoms with Gasteiger partial charge < -0.3 is 10.6 Å². The SMILES string of the molecule is CSCCCC(CN)N(C)C1CCCN(C)C1. The molecule has 1 aliphatic rings. The van der Waals surface area contributed by atoms with E-state index >= 15 is 0 Å². The van der Waals surface area contributed by atoms with E-state index in [-0.39, 0.29) is 0 Å². The van der Waals surface area contributed by atoms with Crippen LogP contribution in [0.25, 0.3) is 0 Å². The van der Waals surface area contributed by atoms with E-state index in [0.29, 0.717) is 12.1 Å². The maximum atomic E-state index is 5.94. The smallest absolute Gasteiger partial charge is 0.0223 e. The van der Waals surface area contributed by atoms with Crippen LogP contribution in [0.2, 0.25) is 0 Å². The Balaban J connectivity index is 2.38. The second kappa shape index (κ2) is 8.35. The summed E-state index contributed by atoms with van der Waals surface area (Å²) in [5.41, 5.74) is 5.94. The minimum Gasteiger partial charge on any atom is -0.329 e. The van der Waals surface area contributed by atoms with Crippen LogP contribution in [0.15, 0.2) is 0 Å². The molecule has 0 aromatic rings. The Bertz CT molecular complexity index is 201. The van der Waals surface area contributed by atoms with Gasteiger partial charge in [-0.15, -0.1) is 0 Å². The number of likely N-dealkylation sites (N-methyl/N-ethyl adjacent to an activating group) is 2. The van der Waals surface area contributed by atoms with Crippen molar-refractivity contribution in [2.75, 3.05) is 45.7 Å². The van der Waals surface area contributed by atoms with Crippen molar-refractivity contribution in [3.05, 3.63) is 0 Å². The minimum atomic E-state index is 0.568. The normalized spacial score (nSPS) is 24.2. The van der Waals surface area contributed by atoms with Crippen molar-refractivity contribution in [1.82, 2.24) is 9.80 Å². The topological polar surface area (TPSA) is 32.5 Å². The zero-order valence-electron chi connectivity index (χ0n) is 11.7. The highest BCUT2D eigenvalue weighted by Gasteiger charge is 2.25. The number of nitrogens with zero attached hydrogens (tertiary/aromatic N) is 2. The summed E-state index contributed by atoms with van der Waals surface area (Å²) < 4.78 is 0. The molecular formula is C13H29N3S. The third-order valence-corrected chi connectivity index (χ3v) is 4.61. The fraction of sp³-hybridized carbons (Fsp3) is 1.00. The quantitative estimate of drug-likeness (QED) is 0.702. The first-order valence-electron chi connectivity index (χ1n) is 6.78. The van der Waals surface area contributed by atoms with Gasteiger partial charge >= 0.3 is 0 Å². The van der Waals surface area contributed by atoms with Gasteiger partial charge in [-0.25, -0.2) is 0 Å². The van der Waals surface area contributed by atoms with Crippen LogP contribution in [0, 0.1) is 0 Å². The van der Waals surface area contributed by atoms with Crippen LogP contribution >= 0.6 is 11.8 Å². The molecule has 1 fully saturated rings. The largest absolute Gasteiger partial charge is 0.329 e. The second-order valence-electron chi connectivity index (χ2n) is 5.25. The first-order chi connectivity index (χ1) is 8.19. The Kier molecular flexibility index (Phi) is 7.51. The lowest BCUT2D eigenvalue weighted by Gasteiger charge is -2.39. The molecule has 1 heterocycles. The number of likely N-dealkylation sites (tertiary alicyclic amines) is 1. The molecule has 0 spiro atoms. The lowest BCUT2D eigenvalue weighted by atomic mass is 10.0. The van der Waals surface area contributed by atoms with E-state index < -0.39 is 0 Å². The van der Waals surface area contributed by atoms with Crippen molar-refractivity contribution in [2.45, 2.75) is 37.8 Å². The van der Waals surface area contributed by atoms with Gasteiger partial charge in [0.2, 0.25) is 0 Å². The fourth-order valence-electron chi connectivity index (χ4n) is 2.72. The van der Waals surface area contributed by atoms with E-state index in [1.54, 1.807) is 0 Å². The average Bonchev–Trinajstić information content (AvgIpc) is 2.34. The van der Waals surface area contributed by atoms with Crippen LogP contribution < -0.4 is 5.73 Å². The lowest BCUT2D eigenvalue weighted by Crippen LogP contribution is -2.51. The molecule has 1 aliphatic heterocycles. The van der Waals surface area contributed by atoms with E-state index in [0.717, 1.165) is 6.54 Å². The van der Waals surface area contributed by atoms with Crippen LogP contribution in [0.4, 0.5) is 0 Å². The zero-order valence-corrected chi connectivity index (χ0v) is 12.5. The minimum absolute atomic E-state index is 0.568. The van der Waals surface area contributed by atoms with Crippen LogP contribution in [0.5, 0.6) is 0 Å². The van der Waals surface area contributed by atoms with Crippen LogP contribution in [0.3, 0.4) is 0 Å². The van der Waals surface area contributed by atoms with E-state index in [4.69, 9.17) is 5.73 Å². The predicted molar refractivity (Wildman–Crippen MR) is 78.7 cm³/mol. The van der Waals surface area contributed by atoms with E-state index in [2.05, 4.69) is 30.2 Å². The number of hydrogen-bond donors (Lipinski definition) is 1. The number of hydrogen-bond acceptors (Lipinski definition) is 4. The van der Waals surface area contributed by atoms with E-state index in [1.165, 1.54) is 44.5 Å². The van der Waals surface area contributed by atoms with Gasteiger partial charge in [0, 0.05) is 25.2 Å². The van der Waals surface area contributed by atoms with Crippen molar-refractivity contribution in [1.29, 1.82) is 0 Å². The molecule has 0 amide bonds. The molecular weight excluding hydrogens is 230 g/mol. The van der Waals surface area contributed by atoms with Crippen LogP contribution in [0.1, 0.15) is 25.7 Å². The molecule has 2 atom stereocenters.